The number of hydrogen-bond donors (Lipinski definition) is 2. The summed E-state index contributed by atoms with van der Waals surface area (Å²) >= 11 is 0. The van der Waals surface area contributed by atoms with E-state index in [0.717, 1.165) is 36.2 Å². The summed E-state index contributed by atoms with van der Waals surface area (Å²) < 4.78 is 17.0. The van der Waals surface area contributed by atoms with E-state index >= 15 is 0 Å². The van der Waals surface area contributed by atoms with E-state index in [1.807, 2.05) is 32.2 Å². The molecule has 1 aliphatic heterocycles. The molecule has 0 radical (unpaired) electrons. The lowest BCUT2D eigenvalue weighted by molar-refractivity contribution is -0.171. The lowest BCUT2D eigenvalue weighted by atomic mass is 9.46. The molecule has 1 aromatic carbocycles. The van der Waals surface area contributed by atoms with Gasteiger partial charge in [0, 0.05) is 42.8 Å². The van der Waals surface area contributed by atoms with E-state index in [4.69, 9.17) is 14.2 Å². The minimum atomic E-state index is 0.329. The van der Waals surface area contributed by atoms with Crippen LogP contribution in [0.4, 0.5) is 5.69 Å². The summed E-state index contributed by atoms with van der Waals surface area (Å²) in [5.74, 6) is 2.89. The molecule has 3 aliphatic rings. The maximum absolute atomic E-state index is 6.01. The van der Waals surface area contributed by atoms with Gasteiger partial charge in [0.25, 0.3) is 0 Å². The van der Waals surface area contributed by atoms with Crippen LogP contribution in [0, 0.1) is 11.3 Å². The fraction of sp³-hybridized carbons (Fsp3) is 0.650. The Hall–Kier alpha value is -1.95. The molecule has 1 aromatic rings. The largest absolute Gasteiger partial charge is 0.493 e. The molecule has 3 fully saturated rings. The van der Waals surface area contributed by atoms with Crippen molar-refractivity contribution in [2.45, 2.75) is 44.8 Å². The normalized spacial score (nSPS) is 28.7. The Morgan fingerprint density at radius 1 is 1.35 bits per heavy atom. The third-order valence-corrected chi connectivity index (χ3v) is 6.28. The van der Waals surface area contributed by atoms with Gasteiger partial charge >= 0.3 is 0 Å². The van der Waals surface area contributed by atoms with E-state index in [9.17, 15) is 0 Å². The molecule has 3 unspecified atom stereocenters. The van der Waals surface area contributed by atoms with Crippen LogP contribution in [-0.2, 0) is 4.74 Å². The van der Waals surface area contributed by atoms with Crippen LogP contribution in [0.15, 0.2) is 23.2 Å². The highest BCUT2D eigenvalue weighted by atomic mass is 16.5. The summed E-state index contributed by atoms with van der Waals surface area (Å²) in [4.78, 5) is 4.44. The van der Waals surface area contributed by atoms with Gasteiger partial charge in [0.1, 0.15) is 0 Å². The van der Waals surface area contributed by atoms with E-state index in [-0.39, 0.29) is 0 Å². The van der Waals surface area contributed by atoms with Crippen LogP contribution in [0.25, 0.3) is 0 Å². The van der Waals surface area contributed by atoms with Crippen LogP contribution in [0.2, 0.25) is 0 Å². The minimum absolute atomic E-state index is 0.329. The van der Waals surface area contributed by atoms with Gasteiger partial charge in [-0.05, 0) is 38.3 Å². The average molecular weight is 359 g/mol. The Labute approximate surface area is 155 Å². The van der Waals surface area contributed by atoms with Crippen molar-refractivity contribution < 1.29 is 14.2 Å². The van der Waals surface area contributed by atoms with Crippen LogP contribution < -0.4 is 20.1 Å². The van der Waals surface area contributed by atoms with E-state index < -0.39 is 0 Å². The van der Waals surface area contributed by atoms with Crippen molar-refractivity contribution in [1.82, 2.24) is 5.32 Å². The van der Waals surface area contributed by atoms with Gasteiger partial charge in [0.05, 0.1) is 19.8 Å². The van der Waals surface area contributed by atoms with Crippen LogP contribution >= 0.6 is 0 Å². The first kappa shape index (κ1) is 17.5. The maximum Gasteiger partial charge on any atom is 0.195 e. The Morgan fingerprint density at radius 2 is 2.19 bits per heavy atom. The Balaban J connectivity index is 1.45. The molecule has 4 rings (SSSR count). The van der Waals surface area contributed by atoms with Gasteiger partial charge in [-0.25, -0.2) is 0 Å². The van der Waals surface area contributed by atoms with Crippen molar-refractivity contribution in [3.63, 3.8) is 0 Å². The minimum Gasteiger partial charge on any atom is -0.493 e. The van der Waals surface area contributed by atoms with Crippen molar-refractivity contribution >= 4 is 11.6 Å². The van der Waals surface area contributed by atoms with Crippen LogP contribution in [0.3, 0.4) is 0 Å². The smallest absolute Gasteiger partial charge is 0.195 e. The Bertz CT molecular complexity index is 687. The molecule has 1 spiro atoms. The third-order valence-electron chi connectivity index (χ3n) is 6.28. The molecule has 1 heterocycles. The summed E-state index contributed by atoms with van der Waals surface area (Å²) in [6.45, 7) is 3.48. The maximum atomic E-state index is 6.01. The second-order valence-corrected chi connectivity index (χ2v) is 7.45. The number of ether oxygens (including phenoxy) is 3. The summed E-state index contributed by atoms with van der Waals surface area (Å²) in [6, 6.07) is 6.32. The molecule has 0 aromatic heterocycles. The van der Waals surface area contributed by atoms with E-state index in [0.29, 0.717) is 30.1 Å². The Morgan fingerprint density at radius 3 is 2.85 bits per heavy atom. The Kier molecular flexibility index (Phi) is 4.69. The van der Waals surface area contributed by atoms with Crippen molar-refractivity contribution in [2.24, 2.45) is 16.3 Å². The molecule has 0 bridgehead atoms. The summed E-state index contributed by atoms with van der Waals surface area (Å²) in [7, 11) is 3.47. The zero-order valence-corrected chi connectivity index (χ0v) is 15.9. The van der Waals surface area contributed by atoms with E-state index in [1.54, 1.807) is 7.11 Å². The number of anilines is 1. The van der Waals surface area contributed by atoms with Crippen molar-refractivity contribution in [1.29, 1.82) is 0 Å². The first-order valence-corrected chi connectivity index (χ1v) is 9.64. The molecular weight excluding hydrogens is 330 g/mol. The van der Waals surface area contributed by atoms with Crippen LogP contribution in [0.5, 0.6) is 11.5 Å². The molecular formula is C20H29N3O3. The van der Waals surface area contributed by atoms with Gasteiger partial charge in [-0.1, -0.05) is 6.42 Å². The monoisotopic (exact) mass is 359 g/mol. The number of aliphatic imine (C=N–C) groups is 1. The first-order valence-electron chi connectivity index (χ1n) is 9.64. The van der Waals surface area contributed by atoms with Gasteiger partial charge in [-0.3, -0.25) is 4.99 Å². The zero-order valence-electron chi connectivity index (χ0n) is 15.9. The number of hydrogen-bond acceptors (Lipinski definition) is 4. The molecule has 0 amide bonds. The van der Waals surface area contributed by atoms with Gasteiger partial charge in [0.15, 0.2) is 17.5 Å². The van der Waals surface area contributed by atoms with E-state index in [2.05, 4.69) is 15.6 Å². The molecule has 1 saturated heterocycles. The fourth-order valence-electron chi connectivity index (χ4n) is 4.92. The van der Waals surface area contributed by atoms with E-state index in [1.165, 1.54) is 19.3 Å². The highest BCUT2D eigenvalue weighted by molar-refractivity contribution is 5.94. The molecule has 26 heavy (non-hydrogen) atoms. The molecule has 142 valence electrons. The summed E-state index contributed by atoms with van der Waals surface area (Å²) in [6.07, 6.45) is 5.45. The number of methoxy groups -OCH3 is 1. The molecule has 2 aliphatic carbocycles. The third kappa shape index (κ3) is 2.71. The van der Waals surface area contributed by atoms with Gasteiger partial charge in [-0.15, -0.1) is 0 Å². The SMILES string of the molecule is CCOc1ccc(NC(=NC)NC2C3CCOC3C23CCC3)cc1OC. The van der Waals surface area contributed by atoms with Gasteiger partial charge in [0.2, 0.25) is 0 Å². The van der Waals surface area contributed by atoms with Gasteiger partial charge in [-0.2, -0.15) is 0 Å². The number of fused-ring (bicyclic) bond motifs is 2. The zero-order chi connectivity index (χ0) is 18.1. The molecule has 2 saturated carbocycles. The standard InChI is InChI=1S/C20H29N3O3/c1-4-25-15-7-6-13(12-16(15)24-3)22-19(21-2)23-17-14-8-11-26-18(14)20(17)9-5-10-20/h6-7,12,14,17-18H,4-5,8-11H2,1-3H3,(H2,21,22,23). The average Bonchev–Trinajstić information content (AvgIpc) is 3.03. The topological polar surface area (TPSA) is 64.1 Å². The second-order valence-electron chi connectivity index (χ2n) is 7.45. The summed E-state index contributed by atoms with van der Waals surface area (Å²) in [5.41, 5.74) is 1.26. The highest BCUT2D eigenvalue weighted by Crippen LogP contribution is 2.62. The summed E-state index contributed by atoms with van der Waals surface area (Å²) in [5, 5.41) is 7.08. The van der Waals surface area contributed by atoms with Crippen molar-refractivity contribution in [3.8, 4) is 11.5 Å². The lowest BCUT2D eigenvalue weighted by Crippen LogP contribution is -2.72. The molecule has 3 atom stereocenters. The number of nitrogens with one attached hydrogen (secondary N) is 2. The number of nitrogens with zero attached hydrogens (tertiary/aromatic N) is 1. The molecule has 2 N–H and O–H groups in total. The fourth-order valence-corrected chi connectivity index (χ4v) is 4.92. The number of benzene rings is 1. The quantitative estimate of drug-likeness (QED) is 0.625. The molecule has 6 nitrogen and oxygen atoms in total. The highest BCUT2D eigenvalue weighted by Gasteiger charge is 2.66. The predicted octanol–water partition coefficient (Wildman–Crippen LogP) is 3.04. The van der Waals surface area contributed by atoms with Gasteiger partial charge < -0.3 is 24.8 Å². The van der Waals surface area contributed by atoms with Crippen LogP contribution in [-0.4, -0.2) is 45.5 Å². The first-order chi connectivity index (χ1) is 12.7. The molecule has 6 heteroatoms. The second kappa shape index (κ2) is 6.99. The van der Waals surface area contributed by atoms with Crippen molar-refractivity contribution in [3.05, 3.63) is 18.2 Å². The number of rotatable bonds is 5. The predicted molar refractivity (Wildman–Crippen MR) is 102 cm³/mol. The number of guanidine groups is 1. The lowest BCUT2D eigenvalue weighted by Gasteiger charge is -2.63. The van der Waals surface area contributed by atoms with Crippen molar-refractivity contribution in [2.75, 3.05) is 32.7 Å². The van der Waals surface area contributed by atoms with Crippen LogP contribution in [0.1, 0.15) is 32.6 Å².